The number of benzene rings is 3. The van der Waals surface area contributed by atoms with E-state index in [0.29, 0.717) is 57.2 Å². The second kappa shape index (κ2) is 9.57. The third-order valence-corrected chi connectivity index (χ3v) is 5.61. The summed E-state index contributed by atoms with van der Waals surface area (Å²) in [6.07, 6.45) is 2.67. The second-order valence-electron chi connectivity index (χ2n) is 8.11. The Labute approximate surface area is 202 Å². The van der Waals surface area contributed by atoms with Gasteiger partial charge in [0.15, 0.2) is 0 Å². The summed E-state index contributed by atoms with van der Waals surface area (Å²) in [7, 11) is 0. The molecule has 0 heterocycles. The predicted molar refractivity (Wildman–Crippen MR) is 132 cm³/mol. The van der Waals surface area contributed by atoms with Crippen molar-refractivity contribution >= 4 is 34.3 Å². The van der Waals surface area contributed by atoms with Gasteiger partial charge in [0.25, 0.3) is 0 Å². The van der Waals surface area contributed by atoms with Gasteiger partial charge in [-0.3, -0.25) is 0 Å². The summed E-state index contributed by atoms with van der Waals surface area (Å²) in [4.78, 5) is 25.0. The largest absolute Gasteiger partial charge is 0.462 e. The van der Waals surface area contributed by atoms with Crippen molar-refractivity contribution in [2.24, 2.45) is 0 Å². The molecule has 1 aliphatic carbocycles. The zero-order valence-electron chi connectivity index (χ0n) is 18.9. The highest BCUT2D eigenvalue weighted by Crippen LogP contribution is 2.44. The third-order valence-electron chi connectivity index (χ3n) is 5.36. The molecule has 0 saturated carbocycles. The molecule has 5 nitrogen and oxygen atoms in total. The fraction of sp³-hybridized carbons (Fsp3) is 0.143. The Morgan fingerprint density at radius 2 is 1.35 bits per heavy atom. The summed E-state index contributed by atoms with van der Waals surface area (Å²) in [5.74, 6) is 1.08. The second-order valence-corrected chi connectivity index (χ2v) is 8.54. The van der Waals surface area contributed by atoms with E-state index in [1.807, 2.05) is 30.3 Å². The molecule has 0 unspecified atom stereocenters. The molecule has 34 heavy (non-hydrogen) atoms. The molecule has 0 fully saturated rings. The molecule has 6 heteroatoms. The molecule has 1 aliphatic rings. The van der Waals surface area contributed by atoms with Gasteiger partial charge < -0.3 is 14.2 Å². The minimum atomic E-state index is -0.534. The summed E-state index contributed by atoms with van der Waals surface area (Å²) in [6.45, 7) is 10.6. The molecule has 4 rings (SSSR count). The van der Waals surface area contributed by atoms with Crippen LogP contribution in [0.25, 0.3) is 10.8 Å². The standard InChI is InChI=1S/C28H23ClO5/c1-16(2)27(30)33-25-21-7-5-6-8-22(21)26(34-28(31)17(3)4)24-15-20(13-14-23(24)25)32-19-11-9-18(29)10-12-19/h5-13H,1,3,14-15H2,2,4H3. The number of ether oxygens (including phenoxy) is 3. The lowest BCUT2D eigenvalue weighted by Crippen LogP contribution is -2.17. The first-order valence-electron chi connectivity index (χ1n) is 10.7. The topological polar surface area (TPSA) is 61.8 Å². The number of hydrogen-bond acceptors (Lipinski definition) is 5. The van der Waals surface area contributed by atoms with Gasteiger partial charge in [0.1, 0.15) is 23.0 Å². The summed E-state index contributed by atoms with van der Waals surface area (Å²) in [5, 5.41) is 1.92. The van der Waals surface area contributed by atoms with E-state index in [1.165, 1.54) is 0 Å². The van der Waals surface area contributed by atoms with Crippen molar-refractivity contribution < 1.29 is 23.8 Å². The Hall–Kier alpha value is -3.83. The van der Waals surface area contributed by atoms with Crippen LogP contribution in [0.3, 0.4) is 0 Å². The fourth-order valence-electron chi connectivity index (χ4n) is 3.67. The molecule has 0 saturated heterocycles. The first-order valence-corrected chi connectivity index (χ1v) is 11.1. The number of carbonyl (C=O) groups is 2. The number of halogens is 1. The average Bonchev–Trinajstić information content (AvgIpc) is 2.82. The van der Waals surface area contributed by atoms with Crippen LogP contribution in [0.5, 0.6) is 17.2 Å². The molecule has 172 valence electrons. The Morgan fingerprint density at radius 3 is 1.88 bits per heavy atom. The number of fused-ring (bicyclic) bond motifs is 2. The molecule has 0 spiro atoms. The van der Waals surface area contributed by atoms with Crippen molar-refractivity contribution in [3.8, 4) is 17.2 Å². The van der Waals surface area contributed by atoms with Crippen LogP contribution in [0.1, 0.15) is 25.0 Å². The van der Waals surface area contributed by atoms with Gasteiger partial charge in [0.05, 0.1) is 0 Å². The van der Waals surface area contributed by atoms with Crippen molar-refractivity contribution in [1.82, 2.24) is 0 Å². The van der Waals surface area contributed by atoms with E-state index >= 15 is 0 Å². The SMILES string of the molecule is C=C(C)C(=O)Oc1c2c(c(OC(=O)C(=C)C)c3ccccc13)CC(Oc1ccc(Cl)cc1)=CC2. The lowest BCUT2D eigenvalue weighted by molar-refractivity contribution is -0.131. The van der Waals surface area contributed by atoms with Gasteiger partial charge in [0.2, 0.25) is 0 Å². The third kappa shape index (κ3) is 4.75. The maximum absolute atomic E-state index is 12.5. The summed E-state index contributed by atoms with van der Waals surface area (Å²) in [5.41, 5.74) is 2.03. The number of rotatable bonds is 6. The lowest BCUT2D eigenvalue weighted by Gasteiger charge is -2.25. The first kappa shape index (κ1) is 23.3. The molecular weight excluding hydrogens is 452 g/mol. The molecule has 0 aromatic heterocycles. The summed E-state index contributed by atoms with van der Waals surface area (Å²) < 4.78 is 17.7. The normalized spacial score (nSPS) is 12.4. The molecule has 0 aliphatic heterocycles. The van der Waals surface area contributed by atoms with E-state index in [4.69, 9.17) is 25.8 Å². The maximum atomic E-state index is 12.5. The van der Waals surface area contributed by atoms with Crippen LogP contribution < -0.4 is 14.2 Å². The molecule has 0 bridgehead atoms. The molecule has 3 aromatic rings. The summed E-state index contributed by atoms with van der Waals surface area (Å²) in [6, 6.07) is 14.4. The number of allylic oxidation sites excluding steroid dienone is 2. The van der Waals surface area contributed by atoms with Crippen LogP contribution in [-0.2, 0) is 22.4 Å². The van der Waals surface area contributed by atoms with E-state index in [0.717, 1.165) is 5.56 Å². The highest BCUT2D eigenvalue weighted by atomic mass is 35.5. The predicted octanol–water partition coefficient (Wildman–Crippen LogP) is 6.52. The van der Waals surface area contributed by atoms with Gasteiger partial charge in [-0.1, -0.05) is 49.0 Å². The monoisotopic (exact) mass is 474 g/mol. The molecular formula is C28H23ClO5. The van der Waals surface area contributed by atoms with Gasteiger partial charge in [-0.15, -0.1) is 0 Å². The van der Waals surface area contributed by atoms with E-state index in [1.54, 1.807) is 38.1 Å². The fourth-order valence-corrected chi connectivity index (χ4v) is 3.79. The number of esters is 2. The Balaban J connectivity index is 1.85. The van der Waals surface area contributed by atoms with Crippen molar-refractivity contribution in [1.29, 1.82) is 0 Å². The minimum Gasteiger partial charge on any atom is -0.462 e. The molecule has 0 N–H and O–H groups in total. The van der Waals surface area contributed by atoms with Crippen LogP contribution in [-0.4, -0.2) is 11.9 Å². The summed E-state index contributed by atoms with van der Waals surface area (Å²) >= 11 is 5.98. The number of hydrogen-bond donors (Lipinski definition) is 0. The zero-order valence-corrected chi connectivity index (χ0v) is 19.7. The smallest absolute Gasteiger partial charge is 0.338 e. The zero-order chi connectivity index (χ0) is 24.4. The van der Waals surface area contributed by atoms with Gasteiger partial charge >= 0.3 is 11.9 Å². The minimum absolute atomic E-state index is 0.277. The van der Waals surface area contributed by atoms with Crippen LogP contribution >= 0.6 is 11.6 Å². The van der Waals surface area contributed by atoms with Crippen molar-refractivity contribution in [3.05, 3.63) is 101 Å². The molecule has 0 radical (unpaired) electrons. The average molecular weight is 475 g/mol. The number of carbonyl (C=O) groups excluding carboxylic acids is 2. The van der Waals surface area contributed by atoms with Crippen molar-refractivity contribution in [2.75, 3.05) is 0 Å². The Kier molecular flexibility index (Phi) is 6.57. The van der Waals surface area contributed by atoms with Crippen molar-refractivity contribution in [3.63, 3.8) is 0 Å². The Bertz CT molecular complexity index is 1370. The van der Waals surface area contributed by atoms with Crippen molar-refractivity contribution in [2.45, 2.75) is 26.7 Å². The van der Waals surface area contributed by atoms with E-state index in [-0.39, 0.29) is 11.1 Å². The highest BCUT2D eigenvalue weighted by molar-refractivity contribution is 6.30. The van der Waals surface area contributed by atoms with Crippen LogP contribution in [0.4, 0.5) is 0 Å². The van der Waals surface area contributed by atoms with Gasteiger partial charge in [-0.05, 0) is 50.6 Å². The first-order chi connectivity index (χ1) is 16.2. The highest BCUT2D eigenvalue weighted by Gasteiger charge is 2.28. The van der Waals surface area contributed by atoms with Gasteiger partial charge in [-0.25, -0.2) is 9.59 Å². The lowest BCUT2D eigenvalue weighted by atomic mass is 9.89. The van der Waals surface area contributed by atoms with Crippen LogP contribution in [0.2, 0.25) is 5.02 Å². The molecule has 3 aromatic carbocycles. The van der Waals surface area contributed by atoms with E-state index < -0.39 is 11.9 Å². The maximum Gasteiger partial charge on any atom is 0.338 e. The quantitative estimate of drug-likeness (QED) is 0.231. The Morgan fingerprint density at radius 1 is 0.824 bits per heavy atom. The van der Waals surface area contributed by atoms with Gasteiger partial charge in [-0.2, -0.15) is 0 Å². The van der Waals surface area contributed by atoms with Crippen LogP contribution in [0, 0.1) is 0 Å². The molecule has 0 atom stereocenters. The van der Waals surface area contributed by atoms with Crippen LogP contribution in [0.15, 0.2) is 84.7 Å². The van der Waals surface area contributed by atoms with E-state index in [9.17, 15) is 9.59 Å². The van der Waals surface area contributed by atoms with Gasteiger partial charge in [0, 0.05) is 44.5 Å². The molecule has 0 amide bonds. The van der Waals surface area contributed by atoms with E-state index in [2.05, 4.69) is 13.2 Å².